The number of benzene rings is 1. The van der Waals surface area contributed by atoms with Crippen LogP contribution in [0.2, 0.25) is 0 Å². The predicted octanol–water partition coefficient (Wildman–Crippen LogP) is 3.67. The van der Waals surface area contributed by atoms with Crippen molar-refractivity contribution in [3.05, 3.63) is 40.6 Å². The second kappa shape index (κ2) is 6.34. The molecule has 0 spiro atoms. The second-order valence-corrected chi connectivity index (χ2v) is 7.25. The Hall–Kier alpha value is -1.85. The van der Waals surface area contributed by atoms with Crippen molar-refractivity contribution >= 4 is 34.3 Å². The van der Waals surface area contributed by atoms with E-state index in [1.54, 1.807) is 11.3 Å². The van der Waals surface area contributed by atoms with Gasteiger partial charge < -0.3 is 14.7 Å². The van der Waals surface area contributed by atoms with Gasteiger partial charge in [-0.1, -0.05) is 19.1 Å². The van der Waals surface area contributed by atoms with Gasteiger partial charge in [0.2, 0.25) is 0 Å². The number of fused-ring (bicyclic) bond motifs is 2. The summed E-state index contributed by atoms with van der Waals surface area (Å²) in [5.74, 6) is 0.496. The Balaban J connectivity index is 2.04. The number of anilines is 3. The maximum Gasteiger partial charge on any atom is 0.261 e. The molecule has 2 heterocycles. The quantitative estimate of drug-likeness (QED) is 0.856. The largest absolute Gasteiger partial charge is 0.342 e. The van der Waals surface area contributed by atoms with Crippen LogP contribution in [0.15, 0.2) is 35.0 Å². The van der Waals surface area contributed by atoms with E-state index in [-0.39, 0.29) is 5.91 Å². The van der Waals surface area contributed by atoms with E-state index < -0.39 is 0 Å². The molecule has 0 N–H and O–H groups in total. The molecule has 122 valence electrons. The zero-order valence-corrected chi connectivity index (χ0v) is 14.9. The van der Waals surface area contributed by atoms with Crippen LogP contribution in [0.3, 0.4) is 0 Å². The molecule has 0 bridgehead atoms. The van der Waals surface area contributed by atoms with E-state index in [9.17, 15) is 4.79 Å². The standard InChI is InChI=1S/C18H23N3OS/c1-13(9-19(2)3)10-21-16-8-6-5-7-15(16)20(4)17-12-23-11-14(17)18(21)22/h5-8,11-13H,9-10H2,1-4H3. The molecule has 0 radical (unpaired) electrons. The highest BCUT2D eigenvalue weighted by Gasteiger charge is 2.30. The van der Waals surface area contributed by atoms with Crippen LogP contribution in [0.4, 0.5) is 17.1 Å². The number of carbonyl (C=O) groups excluding carboxylic acids is 1. The molecule has 1 atom stereocenters. The third-order valence-electron chi connectivity index (χ3n) is 4.18. The lowest BCUT2D eigenvalue weighted by molar-refractivity contribution is 0.0983. The molecule has 1 aromatic carbocycles. The molecule has 2 aromatic rings. The Labute approximate surface area is 141 Å². The van der Waals surface area contributed by atoms with Gasteiger partial charge in [0.05, 0.1) is 22.6 Å². The SMILES string of the molecule is CC(CN(C)C)CN1C(=O)c2cscc2N(C)c2ccccc21. The summed E-state index contributed by atoms with van der Waals surface area (Å²) in [6, 6.07) is 8.15. The number of hydrogen-bond acceptors (Lipinski definition) is 4. The van der Waals surface area contributed by atoms with Crippen molar-refractivity contribution in [3.8, 4) is 0 Å². The number of hydrogen-bond donors (Lipinski definition) is 0. The minimum absolute atomic E-state index is 0.101. The van der Waals surface area contributed by atoms with Gasteiger partial charge in [-0.3, -0.25) is 4.79 Å². The van der Waals surface area contributed by atoms with Crippen molar-refractivity contribution in [3.63, 3.8) is 0 Å². The van der Waals surface area contributed by atoms with Gasteiger partial charge in [0.1, 0.15) is 0 Å². The molecular weight excluding hydrogens is 306 g/mol. The first-order valence-corrected chi connectivity index (χ1v) is 8.79. The van der Waals surface area contributed by atoms with Crippen molar-refractivity contribution < 1.29 is 4.79 Å². The van der Waals surface area contributed by atoms with E-state index >= 15 is 0 Å². The highest BCUT2D eigenvalue weighted by molar-refractivity contribution is 7.08. The van der Waals surface area contributed by atoms with Gasteiger partial charge in [-0.25, -0.2) is 0 Å². The fourth-order valence-electron chi connectivity index (χ4n) is 3.24. The Morgan fingerprint density at radius 2 is 1.83 bits per heavy atom. The monoisotopic (exact) mass is 329 g/mol. The summed E-state index contributed by atoms with van der Waals surface area (Å²) < 4.78 is 0. The number of thiophene rings is 1. The van der Waals surface area contributed by atoms with E-state index in [1.807, 2.05) is 35.5 Å². The van der Waals surface area contributed by atoms with Crippen molar-refractivity contribution in [1.29, 1.82) is 0 Å². The van der Waals surface area contributed by atoms with Crippen LogP contribution in [0.5, 0.6) is 0 Å². The molecule has 1 aliphatic heterocycles. The summed E-state index contributed by atoms with van der Waals surface area (Å²) >= 11 is 1.58. The maximum atomic E-state index is 13.1. The summed E-state index contributed by atoms with van der Waals surface area (Å²) in [5, 5.41) is 4.01. The molecule has 0 aliphatic carbocycles. The molecular formula is C18H23N3OS. The van der Waals surface area contributed by atoms with Gasteiger partial charge in [0.25, 0.3) is 5.91 Å². The van der Waals surface area contributed by atoms with Gasteiger partial charge in [0, 0.05) is 30.9 Å². The predicted molar refractivity (Wildman–Crippen MR) is 98.2 cm³/mol. The molecule has 1 amide bonds. The molecule has 0 saturated carbocycles. The summed E-state index contributed by atoms with van der Waals surface area (Å²) in [5.41, 5.74) is 3.86. The van der Waals surface area contributed by atoms with E-state index in [0.29, 0.717) is 5.92 Å². The fourth-order valence-corrected chi connectivity index (χ4v) is 4.08. The first-order valence-electron chi connectivity index (χ1n) is 7.84. The Kier molecular flexibility index (Phi) is 4.41. The number of carbonyl (C=O) groups is 1. The third-order valence-corrected chi connectivity index (χ3v) is 4.91. The number of para-hydroxylation sites is 2. The molecule has 5 heteroatoms. The molecule has 1 aliphatic rings. The molecule has 23 heavy (non-hydrogen) atoms. The Morgan fingerprint density at radius 3 is 2.52 bits per heavy atom. The van der Waals surface area contributed by atoms with E-state index in [0.717, 1.165) is 35.7 Å². The zero-order valence-electron chi connectivity index (χ0n) is 14.1. The highest BCUT2D eigenvalue weighted by Crippen LogP contribution is 2.41. The lowest BCUT2D eigenvalue weighted by Gasteiger charge is -2.28. The van der Waals surface area contributed by atoms with Crippen molar-refractivity contribution in [2.24, 2.45) is 5.92 Å². The highest BCUT2D eigenvalue weighted by atomic mass is 32.1. The number of rotatable bonds is 4. The topological polar surface area (TPSA) is 26.8 Å². The number of nitrogens with zero attached hydrogens (tertiary/aromatic N) is 3. The van der Waals surface area contributed by atoms with Crippen molar-refractivity contribution in [1.82, 2.24) is 4.90 Å². The minimum Gasteiger partial charge on any atom is -0.342 e. The zero-order chi connectivity index (χ0) is 16.6. The van der Waals surface area contributed by atoms with Gasteiger partial charge in [-0.05, 0) is 32.1 Å². The Morgan fingerprint density at radius 1 is 1.13 bits per heavy atom. The lowest BCUT2D eigenvalue weighted by atomic mass is 10.1. The van der Waals surface area contributed by atoms with Gasteiger partial charge >= 0.3 is 0 Å². The molecule has 1 unspecified atom stereocenters. The summed E-state index contributed by atoms with van der Waals surface area (Å²) in [7, 11) is 6.17. The van der Waals surface area contributed by atoms with Crippen LogP contribution in [-0.4, -0.2) is 45.0 Å². The van der Waals surface area contributed by atoms with Crippen LogP contribution in [0.25, 0.3) is 0 Å². The average Bonchev–Trinajstić information content (AvgIpc) is 2.97. The second-order valence-electron chi connectivity index (χ2n) is 6.50. The molecule has 4 nitrogen and oxygen atoms in total. The van der Waals surface area contributed by atoms with Crippen molar-refractivity contribution in [2.45, 2.75) is 6.92 Å². The summed E-state index contributed by atoms with van der Waals surface area (Å²) in [6.07, 6.45) is 0. The first-order chi connectivity index (χ1) is 11.0. The van der Waals surface area contributed by atoms with E-state index in [1.165, 1.54) is 0 Å². The lowest BCUT2D eigenvalue weighted by Crippen LogP contribution is -2.37. The molecule has 0 saturated heterocycles. The van der Waals surface area contributed by atoms with Crippen LogP contribution in [-0.2, 0) is 0 Å². The smallest absolute Gasteiger partial charge is 0.261 e. The van der Waals surface area contributed by atoms with E-state index in [4.69, 9.17) is 0 Å². The molecule has 0 fully saturated rings. The van der Waals surface area contributed by atoms with Gasteiger partial charge in [-0.2, -0.15) is 0 Å². The van der Waals surface area contributed by atoms with E-state index in [2.05, 4.69) is 42.3 Å². The Bertz CT molecular complexity index is 710. The average molecular weight is 329 g/mol. The summed E-state index contributed by atoms with van der Waals surface area (Å²) in [4.78, 5) is 19.4. The van der Waals surface area contributed by atoms with Crippen LogP contribution >= 0.6 is 11.3 Å². The van der Waals surface area contributed by atoms with Crippen LogP contribution in [0.1, 0.15) is 17.3 Å². The van der Waals surface area contributed by atoms with Crippen molar-refractivity contribution in [2.75, 3.05) is 44.0 Å². The third kappa shape index (κ3) is 2.99. The van der Waals surface area contributed by atoms with Crippen LogP contribution < -0.4 is 9.80 Å². The maximum absolute atomic E-state index is 13.1. The fraction of sp³-hybridized carbons (Fsp3) is 0.389. The molecule has 1 aromatic heterocycles. The normalized spacial score (nSPS) is 15.4. The number of amides is 1. The van der Waals surface area contributed by atoms with Crippen LogP contribution in [0, 0.1) is 5.92 Å². The first kappa shape index (κ1) is 16.0. The van der Waals surface area contributed by atoms with Gasteiger partial charge in [-0.15, -0.1) is 11.3 Å². The minimum atomic E-state index is 0.101. The summed E-state index contributed by atoms with van der Waals surface area (Å²) in [6.45, 7) is 3.87. The van der Waals surface area contributed by atoms with Gasteiger partial charge in [0.15, 0.2) is 0 Å². The molecule has 3 rings (SSSR count).